The number of hydrogen-bond donors (Lipinski definition) is 1. The molecule has 4 heteroatoms. The Morgan fingerprint density at radius 1 is 0.800 bits per heavy atom. The minimum atomic E-state index is 0.485. The molecular formula is C21H17Cl2NO. The highest BCUT2D eigenvalue weighted by Gasteiger charge is 2.07. The second-order valence-corrected chi connectivity index (χ2v) is 6.52. The smallest absolute Gasteiger partial charge is 0.120 e. The summed E-state index contributed by atoms with van der Waals surface area (Å²) in [6, 6.07) is 23.1. The summed E-state index contributed by atoms with van der Waals surface area (Å²) < 4.78 is 5.83. The molecule has 3 aromatic carbocycles. The number of hydrogen-bond acceptors (Lipinski definition) is 2. The van der Waals surface area contributed by atoms with Gasteiger partial charge in [-0.05, 0) is 41.0 Å². The second-order valence-electron chi connectivity index (χ2n) is 5.71. The van der Waals surface area contributed by atoms with E-state index in [2.05, 4.69) is 0 Å². The van der Waals surface area contributed by atoms with Crippen molar-refractivity contribution in [3.05, 3.63) is 99.5 Å². The molecule has 0 spiro atoms. The van der Waals surface area contributed by atoms with Crippen LogP contribution in [-0.2, 0) is 13.0 Å². The van der Waals surface area contributed by atoms with E-state index in [9.17, 15) is 0 Å². The van der Waals surface area contributed by atoms with Gasteiger partial charge in [0.2, 0.25) is 0 Å². The SMILES string of the molecule is N=C(Cc1ccc(Cl)c(Cl)c1)c1cccc(OCc2ccccc2)c1. The molecule has 0 heterocycles. The first-order valence-electron chi connectivity index (χ1n) is 7.90. The van der Waals surface area contributed by atoms with Crippen LogP contribution >= 0.6 is 23.2 Å². The summed E-state index contributed by atoms with van der Waals surface area (Å²) in [7, 11) is 0. The van der Waals surface area contributed by atoms with E-state index in [1.807, 2.05) is 60.7 Å². The van der Waals surface area contributed by atoms with Crippen molar-refractivity contribution >= 4 is 28.9 Å². The summed E-state index contributed by atoms with van der Waals surface area (Å²) in [5, 5.41) is 9.38. The molecule has 0 bridgehead atoms. The third-order valence-corrected chi connectivity index (χ3v) is 4.53. The van der Waals surface area contributed by atoms with Gasteiger partial charge in [-0.25, -0.2) is 0 Å². The van der Waals surface area contributed by atoms with Crippen LogP contribution < -0.4 is 4.74 Å². The van der Waals surface area contributed by atoms with Gasteiger partial charge in [-0.15, -0.1) is 0 Å². The lowest BCUT2D eigenvalue weighted by Gasteiger charge is -2.10. The quantitative estimate of drug-likeness (QED) is 0.516. The fraction of sp³-hybridized carbons (Fsp3) is 0.0952. The van der Waals surface area contributed by atoms with Crippen molar-refractivity contribution in [3.63, 3.8) is 0 Å². The second kappa shape index (κ2) is 8.19. The van der Waals surface area contributed by atoms with E-state index in [0.29, 0.717) is 28.8 Å². The third kappa shape index (κ3) is 4.85. The largest absolute Gasteiger partial charge is 0.489 e. The molecule has 1 N–H and O–H groups in total. The lowest BCUT2D eigenvalue weighted by molar-refractivity contribution is 0.306. The first kappa shape index (κ1) is 17.5. The van der Waals surface area contributed by atoms with Gasteiger partial charge in [0.05, 0.1) is 10.0 Å². The Bertz CT molecular complexity index is 878. The molecule has 0 aliphatic carbocycles. The summed E-state index contributed by atoms with van der Waals surface area (Å²) in [6.45, 7) is 0.504. The minimum absolute atomic E-state index is 0.485. The topological polar surface area (TPSA) is 33.1 Å². The van der Waals surface area contributed by atoms with Gasteiger partial charge in [-0.1, -0.05) is 71.7 Å². The van der Waals surface area contributed by atoms with Gasteiger partial charge in [-0.2, -0.15) is 0 Å². The number of nitrogens with one attached hydrogen (secondary N) is 1. The van der Waals surface area contributed by atoms with Crippen molar-refractivity contribution in [2.45, 2.75) is 13.0 Å². The van der Waals surface area contributed by atoms with Crippen LogP contribution in [0.3, 0.4) is 0 Å². The lowest BCUT2D eigenvalue weighted by Crippen LogP contribution is -2.04. The van der Waals surface area contributed by atoms with E-state index in [4.69, 9.17) is 33.3 Å². The molecular weight excluding hydrogens is 353 g/mol. The zero-order chi connectivity index (χ0) is 17.6. The van der Waals surface area contributed by atoms with Crippen molar-refractivity contribution < 1.29 is 4.74 Å². The summed E-state index contributed by atoms with van der Waals surface area (Å²) in [5.74, 6) is 0.750. The first-order chi connectivity index (χ1) is 12.1. The molecule has 0 aliphatic rings. The third-order valence-electron chi connectivity index (χ3n) is 3.80. The van der Waals surface area contributed by atoms with Gasteiger partial charge < -0.3 is 10.1 Å². The molecule has 0 radical (unpaired) electrons. The predicted molar refractivity (Wildman–Crippen MR) is 104 cm³/mol. The molecule has 0 saturated carbocycles. The number of halogens is 2. The maximum atomic E-state index is 8.35. The van der Waals surface area contributed by atoms with Crippen LogP contribution in [0.1, 0.15) is 16.7 Å². The summed E-state index contributed by atoms with van der Waals surface area (Å²) in [5.41, 5.74) is 3.40. The van der Waals surface area contributed by atoms with Crippen LogP contribution in [0.25, 0.3) is 0 Å². The van der Waals surface area contributed by atoms with Crippen LogP contribution in [0, 0.1) is 5.41 Å². The Labute approximate surface area is 157 Å². The molecule has 0 atom stereocenters. The average Bonchev–Trinajstić information content (AvgIpc) is 2.64. The summed E-state index contributed by atoms with van der Waals surface area (Å²) >= 11 is 12.0. The van der Waals surface area contributed by atoms with E-state index in [0.717, 1.165) is 22.4 Å². The maximum absolute atomic E-state index is 8.35. The number of ether oxygens (including phenoxy) is 1. The van der Waals surface area contributed by atoms with Gasteiger partial charge in [0.15, 0.2) is 0 Å². The van der Waals surface area contributed by atoms with Crippen LogP contribution in [0.15, 0.2) is 72.8 Å². The fourth-order valence-corrected chi connectivity index (χ4v) is 2.79. The lowest BCUT2D eigenvalue weighted by atomic mass is 10.0. The molecule has 0 fully saturated rings. The van der Waals surface area contributed by atoms with Crippen molar-refractivity contribution in [3.8, 4) is 5.75 Å². The van der Waals surface area contributed by atoms with Gasteiger partial charge in [0.25, 0.3) is 0 Å². The zero-order valence-corrected chi connectivity index (χ0v) is 15.0. The maximum Gasteiger partial charge on any atom is 0.120 e. The summed E-state index contributed by atoms with van der Waals surface area (Å²) in [6.07, 6.45) is 0.485. The van der Waals surface area contributed by atoms with Gasteiger partial charge in [0, 0.05) is 12.1 Å². The highest BCUT2D eigenvalue weighted by Crippen LogP contribution is 2.24. The first-order valence-corrected chi connectivity index (χ1v) is 8.66. The molecule has 2 nitrogen and oxygen atoms in total. The highest BCUT2D eigenvalue weighted by atomic mass is 35.5. The van der Waals surface area contributed by atoms with Crippen molar-refractivity contribution in [1.29, 1.82) is 5.41 Å². The highest BCUT2D eigenvalue weighted by molar-refractivity contribution is 6.42. The van der Waals surface area contributed by atoms with Crippen LogP contribution in [0.4, 0.5) is 0 Å². The van der Waals surface area contributed by atoms with Gasteiger partial charge >= 0.3 is 0 Å². The normalized spacial score (nSPS) is 10.5. The van der Waals surface area contributed by atoms with Gasteiger partial charge in [0.1, 0.15) is 12.4 Å². The Balaban J connectivity index is 1.67. The van der Waals surface area contributed by atoms with Crippen molar-refractivity contribution in [1.82, 2.24) is 0 Å². The van der Waals surface area contributed by atoms with Crippen molar-refractivity contribution in [2.24, 2.45) is 0 Å². The van der Waals surface area contributed by atoms with Crippen molar-refractivity contribution in [2.75, 3.05) is 0 Å². The zero-order valence-electron chi connectivity index (χ0n) is 13.5. The van der Waals surface area contributed by atoms with Gasteiger partial charge in [-0.3, -0.25) is 0 Å². The van der Waals surface area contributed by atoms with Crippen LogP contribution in [0.5, 0.6) is 5.75 Å². The Morgan fingerprint density at radius 3 is 2.36 bits per heavy atom. The molecule has 126 valence electrons. The standard InChI is InChI=1S/C21H17Cl2NO/c22-19-10-9-16(11-20(19)23)12-21(24)17-7-4-8-18(13-17)25-14-15-5-2-1-3-6-15/h1-11,13,24H,12,14H2. The summed E-state index contributed by atoms with van der Waals surface area (Å²) in [4.78, 5) is 0. The molecule has 25 heavy (non-hydrogen) atoms. The Kier molecular flexibility index (Phi) is 5.75. The van der Waals surface area contributed by atoms with Crippen LogP contribution in [0.2, 0.25) is 10.0 Å². The molecule has 0 amide bonds. The van der Waals surface area contributed by atoms with E-state index in [1.54, 1.807) is 12.1 Å². The molecule has 0 unspecified atom stereocenters. The number of rotatable bonds is 6. The minimum Gasteiger partial charge on any atom is -0.489 e. The van der Waals surface area contributed by atoms with E-state index < -0.39 is 0 Å². The predicted octanol–water partition coefficient (Wildman–Crippen LogP) is 6.18. The van der Waals surface area contributed by atoms with E-state index >= 15 is 0 Å². The van der Waals surface area contributed by atoms with E-state index in [1.165, 1.54) is 0 Å². The molecule has 0 aromatic heterocycles. The van der Waals surface area contributed by atoms with Crippen LogP contribution in [-0.4, -0.2) is 5.71 Å². The Morgan fingerprint density at radius 2 is 1.60 bits per heavy atom. The monoisotopic (exact) mass is 369 g/mol. The Hall–Kier alpha value is -2.29. The molecule has 3 rings (SSSR count). The fourth-order valence-electron chi connectivity index (χ4n) is 2.47. The average molecular weight is 370 g/mol. The molecule has 0 aliphatic heterocycles. The molecule has 0 saturated heterocycles. The molecule has 3 aromatic rings. The van der Waals surface area contributed by atoms with E-state index in [-0.39, 0.29) is 0 Å². The number of benzene rings is 3.